The van der Waals surface area contributed by atoms with Gasteiger partial charge in [0.15, 0.2) is 0 Å². The largest absolute Gasteiger partial charge is 0.292 e. The van der Waals surface area contributed by atoms with Gasteiger partial charge in [0.25, 0.3) is 0 Å². The second-order valence-electron chi connectivity index (χ2n) is 9.78. The summed E-state index contributed by atoms with van der Waals surface area (Å²) in [5.41, 5.74) is 8.03. The molecule has 0 spiro atoms. The third-order valence-electron chi connectivity index (χ3n) is 7.40. The van der Waals surface area contributed by atoms with Crippen LogP contribution in [0.3, 0.4) is 0 Å². The predicted molar refractivity (Wildman–Crippen MR) is 162 cm³/mol. The average Bonchev–Trinajstić information content (AvgIpc) is 3.58. The Balaban J connectivity index is 1.37. The molecule has 4 aromatic heterocycles. The number of benzene rings is 4. The van der Waals surface area contributed by atoms with Gasteiger partial charge >= 0.3 is 0 Å². The Kier molecular flexibility index (Phi) is 5.07. The van der Waals surface area contributed by atoms with Crippen molar-refractivity contribution in [3.05, 3.63) is 140 Å². The third kappa shape index (κ3) is 3.52. The molecule has 0 bridgehead atoms. The fourth-order valence-electron chi connectivity index (χ4n) is 5.57. The molecule has 0 radical (unpaired) electrons. The van der Waals surface area contributed by atoms with Crippen molar-refractivity contribution >= 4 is 33.0 Å². The molecule has 0 aliphatic heterocycles. The van der Waals surface area contributed by atoms with E-state index in [1.54, 1.807) is 0 Å². The van der Waals surface area contributed by atoms with Crippen LogP contribution in [0, 0.1) is 0 Å². The molecule has 0 amide bonds. The molecule has 0 fully saturated rings. The second kappa shape index (κ2) is 9.03. The molecule has 4 heterocycles. The zero-order chi connectivity index (χ0) is 26.5. The van der Waals surface area contributed by atoms with Crippen molar-refractivity contribution in [2.45, 2.75) is 0 Å². The standard InChI is InChI=1S/C35H23N5/c1-3-11-24(12-4-1)34-38-30-20-18-25(23-32(30)39(34)26-13-5-2-6-14-26)29-21-19-28-27-15-7-8-16-31(27)40(35(28)37-29)33-17-9-10-22-36-33/h1-23H. The van der Waals surface area contributed by atoms with Crippen molar-refractivity contribution in [1.82, 2.24) is 24.1 Å². The van der Waals surface area contributed by atoms with Gasteiger partial charge in [-0.25, -0.2) is 15.0 Å². The van der Waals surface area contributed by atoms with Crippen LogP contribution in [0.1, 0.15) is 0 Å². The van der Waals surface area contributed by atoms with Crippen molar-refractivity contribution in [2.24, 2.45) is 0 Å². The Bertz CT molecular complexity index is 2140. The van der Waals surface area contributed by atoms with Gasteiger partial charge in [0, 0.05) is 33.8 Å². The molecule has 0 saturated heterocycles. The number of aromatic nitrogens is 5. The Morgan fingerprint density at radius 1 is 0.500 bits per heavy atom. The Labute approximate surface area is 230 Å². The first kappa shape index (κ1) is 22.4. The molecule has 4 aromatic carbocycles. The highest BCUT2D eigenvalue weighted by molar-refractivity contribution is 6.08. The number of para-hydroxylation sites is 2. The van der Waals surface area contributed by atoms with Crippen molar-refractivity contribution in [1.29, 1.82) is 0 Å². The molecule has 0 aliphatic rings. The molecule has 8 aromatic rings. The lowest BCUT2D eigenvalue weighted by atomic mass is 10.1. The second-order valence-corrected chi connectivity index (χ2v) is 9.78. The first-order valence-electron chi connectivity index (χ1n) is 13.3. The van der Waals surface area contributed by atoms with Gasteiger partial charge in [-0.1, -0.05) is 78.9 Å². The molecule has 0 unspecified atom stereocenters. The molecular weight excluding hydrogens is 490 g/mol. The topological polar surface area (TPSA) is 48.5 Å². The van der Waals surface area contributed by atoms with Gasteiger partial charge in [-0.2, -0.15) is 0 Å². The average molecular weight is 514 g/mol. The number of hydrogen-bond donors (Lipinski definition) is 0. The molecule has 0 aliphatic carbocycles. The normalized spacial score (nSPS) is 11.5. The number of hydrogen-bond acceptors (Lipinski definition) is 3. The SMILES string of the molecule is c1ccc(-c2nc3ccc(-c4ccc5c6ccccc6n(-c6ccccn6)c5n4)cc3n2-c2ccccc2)cc1. The Hall–Kier alpha value is -5.55. The summed E-state index contributed by atoms with van der Waals surface area (Å²) < 4.78 is 4.38. The van der Waals surface area contributed by atoms with Crippen LogP contribution in [0.4, 0.5) is 0 Å². The highest BCUT2D eigenvalue weighted by Gasteiger charge is 2.18. The van der Waals surface area contributed by atoms with Gasteiger partial charge in [-0.05, 0) is 54.6 Å². The lowest BCUT2D eigenvalue weighted by Gasteiger charge is -2.10. The molecule has 5 heteroatoms. The van der Waals surface area contributed by atoms with E-state index in [1.165, 1.54) is 0 Å². The molecule has 188 valence electrons. The molecule has 8 rings (SSSR count). The van der Waals surface area contributed by atoms with Crippen LogP contribution in [0.5, 0.6) is 0 Å². The molecule has 40 heavy (non-hydrogen) atoms. The van der Waals surface area contributed by atoms with Crippen LogP contribution in [0.2, 0.25) is 0 Å². The lowest BCUT2D eigenvalue weighted by Crippen LogP contribution is -1.99. The highest BCUT2D eigenvalue weighted by atomic mass is 15.1. The van der Waals surface area contributed by atoms with Gasteiger partial charge in [-0.3, -0.25) is 9.13 Å². The molecule has 0 N–H and O–H groups in total. The van der Waals surface area contributed by atoms with Crippen molar-refractivity contribution in [3.63, 3.8) is 0 Å². The minimum absolute atomic E-state index is 0.850. The minimum Gasteiger partial charge on any atom is -0.292 e. The summed E-state index contributed by atoms with van der Waals surface area (Å²) in [6.07, 6.45) is 1.82. The van der Waals surface area contributed by atoms with Gasteiger partial charge in [0.1, 0.15) is 17.3 Å². The van der Waals surface area contributed by atoms with E-state index in [0.29, 0.717) is 0 Å². The number of imidazole rings is 1. The zero-order valence-electron chi connectivity index (χ0n) is 21.5. The summed E-state index contributed by atoms with van der Waals surface area (Å²) in [5.74, 6) is 1.76. The number of pyridine rings is 2. The number of rotatable bonds is 4. The van der Waals surface area contributed by atoms with Crippen molar-refractivity contribution in [2.75, 3.05) is 0 Å². The molecule has 0 saturated carbocycles. The van der Waals surface area contributed by atoms with Crippen LogP contribution in [-0.2, 0) is 0 Å². The number of fused-ring (bicyclic) bond motifs is 4. The Morgan fingerprint density at radius 2 is 1.27 bits per heavy atom. The van der Waals surface area contributed by atoms with Gasteiger partial charge < -0.3 is 0 Å². The zero-order valence-corrected chi connectivity index (χ0v) is 21.5. The summed E-state index contributed by atoms with van der Waals surface area (Å²) in [7, 11) is 0. The summed E-state index contributed by atoms with van der Waals surface area (Å²) in [5, 5.41) is 2.26. The maximum atomic E-state index is 5.23. The third-order valence-corrected chi connectivity index (χ3v) is 7.40. The summed E-state index contributed by atoms with van der Waals surface area (Å²) in [6.45, 7) is 0. The summed E-state index contributed by atoms with van der Waals surface area (Å²) in [6, 6.07) is 45.8. The van der Waals surface area contributed by atoms with Gasteiger partial charge in [-0.15, -0.1) is 0 Å². The van der Waals surface area contributed by atoms with Gasteiger partial charge in [0.2, 0.25) is 0 Å². The van der Waals surface area contributed by atoms with Crippen LogP contribution < -0.4 is 0 Å². The van der Waals surface area contributed by atoms with E-state index in [4.69, 9.17) is 9.97 Å². The quantitative estimate of drug-likeness (QED) is 0.238. The van der Waals surface area contributed by atoms with Crippen LogP contribution >= 0.6 is 0 Å². The van der Waals surface area contributed by atoms with Crippen molar-refractivity contribution < 1.29 is 0 Å². The molecular formula is C35H23N5. The van der Waals surface area contributed by atoms with Gasteiger partial charge in [0.05, 0.1) is 22.2 Å². The maximum Gasteiger partial charge on any atom is 0.147 e. The van der Waals surface area contributed by atoms with E-state index >= 15 is 0 Å². The highest BCUT2D eigenvalue weighted by Crippen LogP contribution is 2.34. The molecule has 5 nitrogen and oxygen atoms in total. The smallest absolute Gasteiger partial charge is 0.147 e. The van der Waals surface area contributed by atoms with Crippen LogP contribution in [0.15, 0.2) is 140 Å². The monoisotopic (exact) mass is 513 g/mol. The first-order chi connectivity index (χ1) is 19.8. The molecule has 0 atom stereocenters. The predicted octanol–water partition coefficient (Wildman–Crippen LogP) is 8.25. The maximum absolute atomic E-state index is 5.23. The first-order valence-corrected chi connectivity index (χ1v) is 13.3. The van der Waals surface area contributed by atoms with E-state index in [2.05, 4.69) is 117 Å². The number of nitrogens with zero attached hydrogens (tertiary/aromatic N) is 5. The van der Waals surface area contributed by atoms with Crippen LogP contribution in [-0.4, -0.2) is 24.1 Å². The fraction of sp³-hybridized carbons (Fsp3) is 0. The van der Waals surface area contributed by atoms with E-state index in [-0.39, 0.29) is 0 Å². The summed E-state index contributed by atoms with van der Waals surface area (Å²) >= 11 is 0. The van der Waals surface area contributed by atoms with Crippen LogP contribution in [0.25, 0.3) is 67.1 Å². The lowest BCUT2D eigenvalue weighted by molar-refractivity contribution is 1.06. The summed E-state index contributed by atoms with van der Waals surface area (Å²) in [4.78, 5) is 14.9. The van der Waals surface area contributed by atoms with E-state index in [9.17, 15) is 0 Å². The van der Waals surface area contributed by atoms with E-state index < -0.39 is 0 Å². The fourth-order valence-corrected chi connectivity index (χ4v) is 5.57. The minimum atomic E-state index is 0.850. The van der Waals surface area contributed by atoms with E-state index in [0.717, 1.165) is 67.1 Å². The van der Waals surface area contributed by atoms with E-state index in [1.807, 2.05) is 36.5 Å². The van der Waals surface area contributed by atoms with Crippen molar-refractivity contribution in [3.8, 4) is 34.2 Å². The Morgan fingerprint density at radius 3 is 2.10 bits per heavy atom.